The van der Waals surface area contributed by atoms with E-state index < -0.39 is 17.6 Å². The van der Waals surface area contributed by atoms with Gasteiger partial charge in [0.15, 0.2) is 0 Å². The van der Waals surface area contributed by atoms with Crippen LogP contribution in [0.25, 0.3) is 0 Å². The van der Waals surface area contributed by atoms with Gasteiger partial charge in [0.2, 0.25) is 5.92 Å². The molecule has 2 heterocycles. The van der Waals surface area contributed by atoms with Crippen molar-refractivity contribution in [3.05, 3.63) is 59.4 Å². The third-order valence-corrected chi connectivity index (χ3v) is 7.05. The summed E-state index contributed by atoms with van der Waals surface area (Å²) in [5.41, 5.74) is 1.05. The normalized spacial score (nSPS) is 26.0. The maximum atomic E-state index is 13.9. The van der Waals surface area contributed by atoms with Gasteiger partial charge in [-0.1, -0.05) is 12.1 Å². The summed E-state index contributed by atoms with van der Waals surface area (Å²) in [5, 5.41) is 3.16. The van der Waals surface area contributed by atoms with Gasteiger partial charge in [-0.15, -0.1) is 0 Å². The molecule has 2 atom stereocenters. The van der Waals surface area contributed by atoms with Gasteiger partial charge in [0.1, 0.15) is 30.1 Å². The highest BCUT2D eigenvalue weighted by Gasteiger charge is 2.51. The highest BCUT2D eigenvalue weighted by atomic mass is 19.3. The second-order valence-electron chi connectivity index (χ2n) is 9.24. The Morgan fingerprint density at radius 1 is 1.26 bits per heavy atom. The molecule has 0 aromatic heterocycles. The number of rotatable bonds is 6. The SMILES string of the molecule is COc1cc(C(=O)N2CCC3(c4cccc(F)c4)OCOC3C2)ccc1NCC1CC(F)(F)C1.[HH]. The second-order valence-corrected chi connectivity index (χ2v) is 9.24. The summed E-state index contributed by atoms with van der Waals surface area (Å²) in [6, 6.07) is 11.4. The number of benzene rings is 2. The minimum atomic E-state index is -2.55. The number of fused-ring (bicyclic) bond motifs is 1. The average Bonchev–Trinajstić information content (AvgIpc) is 3.25. The molecular weight excluding hydrogens is 449 g/mol. The number of piperidine rings is 1. The minimum absolute atomic E-state index is 0. The Balaban J connectivity index is 0.00000289. The number of nitrogens with one attached hydrogen (secondary N) is 1. The van der Waals surface area contributed by atoms with Crippen molar-refractivity contribution in [2.24, 2.45) is 5.92 Å². The van der Waals surface area contributed by atoms with E-state index in [1.807, 2.05) is 6.07 Å². The first kappa shape index (κ1) is 23.0. The Labute approximate surface area is 197 Å². The van der Waals surface area contributed by atoms with E-state index >= 15 is 0 Å². The van der Waals surface area contributed by atoms with Crippen molar-refractivity contribution in [3.8, 4) is 5.75 Å². The van der Waals surface area contributed by atoms with Crippen LogP contribution in [0.5, 0.6) is 5.75 Å². The highest BCUT2D eigenvalue weighted by Crippen LogP contribution is 2.44. The molecule has 0 bridgehead atoms. The Kier molecular flexibility index (Phi) is 5.93. The van der Waals surface area contributed by atoms with Crippen LogP contribution in [0.1, 0.15) is 36.6 Å². The summed E-state index contributed by atoms with van der Waals surface area (Å²) >= 11 is 0. The molecule has 2 unspecified atom stereocenters. The third kappa shape index (κ3) is 4.22. The molecule has 9 heteroatoms. The molecule has 2 aromatic rings. The van der Waals surface area contributed by atoms with E-state index in [4.69, 9.17) is 14.2 Å². The molecular formula is C25H29F3N2O4. The molecule has 2 aliphatic heterocycles. The zero-order chi connectivity index (χ0) is 23.9. The van der Waals surface area contributed by atoms with Gasteiger partial charge in [-0.2, -0.15) is 0 Å². The van der Waals surface area contributed by atoms with Crippen molar-refractivity contribution in [2.75, 3.05) is 38.9 Å². The number of alkyl halides is 2. The molecule has 5 rings (SSSR count). The topological polar surface area (TPSA) is 60.0 Å². The number of likely N-dealkylation sites (tertiary alicyclic amines) is 1. The maximum Gasteiger partial charge on any atom is 0.254 e. The molecule has 6 nitrogen and oxygen atoms in total. The summed E-state index contributed by atoms with van der Waals surface area (Å²) < 4.78 is 57.2. The lowest BCUT2D eigenvalue weighted by molar-refractivity contribution is -0.106. The molecule has 184 valence electrons. The molecule has 0 spiro atoms. The quantitative estimate of drug-likeness (QED) is 0.655. The van der Waals surface area contributed by atoms with Crippen molar-refractivity contribution >= 4 is 11.6 Å². The van der Waals surface area contributed by atoms with E-state index in [0.717, 1.165) is 0 Å². The summed E-state index contributed by atoms with van der Waals surface area (Å²) in [6.07, 6.45) is -0.152. The van der Waals surface area contributed by atoms with Crippen molar-refractivity contribution in [1.29, 1.82) is 0 Å². The molecule has 1 N–H and O–H groups in total. The van der Waals surface area contributed by atoms with Crippen LogP contribution in [-0.4, -0.2) is 56.4 Å². The number of carbonyl (C=O) groups is 1. The molecule has 1 amide bonds. The fourth-order valence-corrected chi connectivity index (χ4v) is 5.16. The number of methoxy groups -OCH3 is 1. The number of ether oxygens (including phenoxy) is 3. The summed E-state index contributed by atoms with van der Waals surface area (Å²) in [5.74, 6) is -2.68. The second kappa shape index (κ2) is 8.78. The van der Waals surface area contributed by atoms with E-state index in [9.17, 15) is 18.0 Å². The van der Waals surface area contributed by atoms with Crippen LogP contribution in [0, 0.1) is 11.7 Å². The van der Waals surface area contributed by atoms with Gasteiger partial charge in [0, 0.05) is 39.3 Å². The smallest absolute Gasteiger partial charge is 0.254 e. The lowest BCUT2D eigenvalue weighted by atomic mass is 9.81. The minimum Gasteiger partial charge on any atom is -0.495 e. The summed E-state index contributed by atoms with van der Waals surface area (Å²) in [6.45, 7) is 1.25. The van der Waals surface area contributed by atoms with Crippen molar-refractivity contribution < 1.29 is 33.6 Å². The maximum absolute atomic E-state index is 13.9. The fourth-order valence-electron chi connectivity index (χ4n) is 5.16. The van der Waals surface area contributed by atoms with Gasteiger partial charge < -0.3 is 24.4 Å². The van der Waals surface area contributed by atoms with Crippen molar-refractivity contribution in [2.45, 2.75) is 36.9 Å². The van der Waals surface area contributed by atoms with E-state index in [1.54, 1.807) is 29.2 Å². The lowest BCUT2D eigenvalue weighted by Crippen LogP contribution is -2.53. The molecule has 0 radical (unpaired) electrons. The van der Waals surface area contributed by atoms with Crippen molar-refractivity contribution in [3.63, 3.8) is 0 Å². The average molecular weight is 479 g/mol. The highest BCUT2D eigenvalue weighted by molar-refractivity contribution is 5.95. The van der Waals surface area contributed by atoms with E-state index in [1.165, 1.54) is 19.2 Å². The predicted octanol–water partition coefficient (Wildman–Crippen LogP) is 4.65. The van der Waals surface area contributed by atoms with Crippen molar-refractivity contribution in [1.82, 2.24) is 4.90 Å². The first-order chi connectivity index (χ1) is 16.3. The van der Waals surface area contributed by atoms with Gasteiger partial charge in [0.25, 0.3) is 5.91 Å². The zero-order valence-corrected chi connectivity index (χ0v) is 18.9. The van der Waals surface area contributed by atoms with Gasteiger partial charge in [-0.3, -0.25) is 4.79 Å². The molecule has 3 aliphatic rings. The first-order valence-corrected chi connectivity index (χ1v) is 11.4. The summed E-state index contributed by atoms with van der Waals surface area (Å²) in [7, 11) is 1.50. The Bertz CT molecular complexity index is 1080. The largest absolute Gasteiger partial charge is 0.495 e. The Morgan fingerprint density at radius 2 is 2.09 bits per heavy atom. The molecule has 3 fully saturated rings. The Morgan fingerprint density at radius 3 is 2.82 bits per heavy atom. The molecule has 1 aliphatic carbocycles. The molecule has 2 aromatic carbocycles. The van der Waals surface area contributed by atoms with Crippen LogP contribution < -0.4 is 10.1 Å². The zero-order valence-electron chi connectivity index (χ0n) is 18.9. The number of hydrogen-bond acceptors (Lipinski definition) is 5. The predicted molar refractivity (Wildman–Crippen MR) is 121 cm³/mol. The van der Waals surface area contributed by atoms with E-state index in [0.29, 0.717) is 48.6 Å². The van der Waals surface area contributed by atoms with Gasteiger partial charge in [-0.05, 0) is 41.8 Å². The monoisotopic (exact) mass is 478 g/mol. The third-order valence-electron chi connectivity index (χ3n) is 7.05. The number of nitrogens with zero attached hydrogens (tertiary/aromatic N) is 1. The van der Waals surface area contributed by atoms with Crippen LogP contribution in [0.2, 0.25) is 0 Å². The van der Waals surface area contributed by atoms with Crippen LogP contribution >= 0.6 is 0 Å². The number of amides is 1. The molecule has 2 saturated heterocycles. The van der Waals surface area contributed by atoms with Crippen LogP contribution in [0.4, 0.5) is 18.9 Å². The van der Waals surface area contributed by atoms with E-state index in [2.05, 4.69) is 5.32 Å². The number of anilines is 1. The number of hydrogen-bond donors (Lipinski definition) is 1. The van der Waals surface area contributed by atoms with Gasteiger partial charge >= 0.3 is 0 Å². The Hall–Kier alpha value is -2.78. The van der Waals surface area contributed by atoms with Crippen LogP contribution in [-0.2, 0) is 15.1 Å². The lowest BCUT2D eigenvalue weighted by Gasteiger charge is -2.42. The van der Waals surface area contributed by atoms with Crippen LogP contribution in [0.15, 0.2) is 42.5 Å². The van der Waals surface area contributed by atoms with E-state index in [-0.39, 0.29) is 38.7 Å². The van der Waals surface area contributed by atoms with Crippen LogP contribution in [0.3, 0.4) is 0 Å². The number of carbonyl (C=O) groups excluding carboxylic acids is 1. The van der Waals surface area contributed by atoms with Gasteiger partial charge in [0.05, 0.1) is 19.3 Å². The summed E-state index contributed by atoms with van der Waals surface area (Å²) in [4.78, 5) is 15.0. The number of halogens is 3. The molecule has 1 saturated carbocycles. The standard InChI is InChI=1S/C25H27F3N2O4.H2/c1-32-21-9-17(5-6-20(21)29-13-16-11-24(27,28)12-16)23(31)30-8-7-25(22(14-30)33-15-34-25)18-3-2-4-19(26)10-18;/h2-6,9-10,16,22,29H,7-8,11-15H2,1H3;1H. The molecule has 34 heavy (non-hydrogen) atoms. The van der Waals surface area contributed by atoms with Gasteiger partial charge in [-0.25, -0.2) is 13.2 Å². The fraction of sp³-hybridized carbons (Fsp3) is 0.480. The first-order valence-electron chi connectivity index (χ1n) is 11.4.